The lowest BCUT2D eigenvalue weighted by atomic mass is 9.99. The van der Waals surface area contributed by atoms with Crippen LogP contribution in [-0.4, -0.2) is 87.5 Å². The quantitative estimate of drug-likeness (QED) is 0.0295. The van der Waals surface area contributed by atoms with Crippen molar-refractivity contribution in [3.05, 3.63) is 48.6 Å². The Bertz CT molecular complexity index is 951. The third-order valence-electron chi connectivity index (χ3n) is 9.70. The van der Waals surface area contributed by atoms with Crippen LogP contribution >= 0.6 is 0 Å². The van der Waals surface area contributed by atoms with Gasteiger partial charge in [-0.3, -0.25) is 4.79 Å². The van der Waals surface area contributed by atoms with Crippen LogP contribution in [0.1, 0.15) is 162 Å². The van der Waals surface area contributed by atoms with E-state index >= 15 is 0 Å². The second-order valence-electron chi connectivity index (χ2n) is 14.4. The van der Waals surface area contributed by atoms with Crippen LogP contribution in [0, 0.1) is 0 Å². The highest BCUT2D eigenvalue weighted by atomic mass is 16.7. The molecule has 6 N–H and O–H groups in total. The summed E-state index contributed by atoms with van der Waals surface area (Å²) >= 11 is 0. The van der Waals surface area contributed by atoms with Crippen LogP contribution in [0.5, 0.6) is 0 Å². The number of aliphatic hydroxyl groups excluding tert-OH is 5. The first-order valence-electron chi connectivity index (χ1n) is 20.8. The number of hydrogen-bond acceptors (Lipinski definition) is 8. The van der Waals surface area contributed by atoms with Crippen molar-refractivity contribution < 1.29 is 39.8 Å². The van der Waals surface area contributed by atoms with Gasteiger partial charge < -0.3 is 40.3 Å². The smallest absolute Gasteiger partial charge is 0.220 e. The zero-order valence-electron chi connectivity index (χ0n) is 32.8. The highest BCUT2D eigenvalue weighted by Crippen LogP contribution is 2.23. The van der Waals surface area contributed by atoms with E-state index in [4.69, 9.17) is 9.47 Å². The van der Waals surface area contributed by atoms with E-state index in [0.29, 0.717) is 12.8 Å². The summed E-state index contributed by atoms with van der Waals surface area (Å²) in [5.41, 5.74) is 0. The van der Waals surface area contributed by atoms with Gasteiger partial charge in [0, 0.05) is 6.42 Å². The fourth-order valence-corrected chi connectivity index (χ4v) is 6.33. The molecule has 1 fully saturated rings. The number of unbranched alkanes of at least 4 members (excludes halogenated alkanes) is 15. The second-order valence-corrected chi connectivity index (χ2v) is 14.4. The van der Waals surface area contributed by atoms with Gasteiger partial charge in [-0.05, 0) is 51.4 Å². The Labute approximate surface area is 316 Å². The second kappa shape index (κ2) is 33.7. The summed E-state index contributed by atoms with van der Waals surface area (Å²) in [6, 6.07) is -0.725. The lowest BCUT2D eigenvalue weighted by Crippen LogP contribution is -2.60. The Hall–Kier alpha value is -1.85. The molecule has 1 aliphatic heterocycles. The molecule has 0 aliphatic carbocycles. The molecule has 0 aromatic rings. The average molecular weight is 736 g/mol. The lowest BCUT2D eigenvalue weighted by Gasteiger charge is -2.40. The molecule has 1 heterocycles. The maximum Gasteiger partial charge on any atom is 0.220 e. The van der Waals surface area contributed by atoms with E-state index in [1.54, 1.807) is 0 Å². The van der Waals surface area contributed by atoms with Crippen molar-refractivity contribution in [1.82, 2.24) is 5.32 Å². The summed E-state index contributed by atoms with van der Waals surface area (Å²) < 4.78 is 11.2. The molecule has 52 heavy (non-hydrogen) atoms. The van der Waals surface area contributed by atoms with Crippen LogP contribution in [-0.2, 0) is 14.3 Å². The first kappa shape index (κ1) is 48.2. The van der Waals surface area contributed by atoms with Crippen LogP contribution in [0.4, 0.5) is 0 Å². The van der Waals surface area contributed by atoms with Gasteiger partial charge in [0.25, 0.3) is 0 Å². The van der Waals surface area contributed by atoms with Crippen molar-refractivity contribution >= 4 is 5.91 Å². The number of amides is 1. The summed E-state index contributed by atoms with van der Waals surface area (Å²) in [5.74, 6) is -0.163. The first-order valence-corrected chi connectivity index (χ1v) is 20.8. The number of allylic oxidation sites excluding steroid dienone is 8. The third-order valence-corrected chi connectivity index (χ3v) is 9.70. The van der Waals surface area contributed by atoms with Crippen molar-refractivity contribution in [2.45, 2.75) is 204 Å². The molecule has 7 unspecified atom stereocenters. The molecule has 302 valence electrons. The SMILES string of the molecule is CC/C=C\C/C=C\C/C=C\C/C=C\CCCCCCCCC(=O)NC(COC1OC(CO)C(O)C(O)C1O)C(O)CCCCCCCCCCCC. The van der Waals surface area contributed by atoms with Crippen LogP contribution < -0.4 is 5.32 Å². The predicted octanol–water partition coefficient (Wildman–Crippen LogP) is 7.89. The maximum absolute atomic E-state index is 12.9. The minimum Gasteiger partial charge on any atom is -0.394 e. The minimum atomic E-state index is -1.56. The minimum absolute atomic E-state index is 0.146. The molecule has 0 bridgehead atoms. The zero-order chi connectivity index (χ0) is 38.1. The number of carbonyl (C=O) groups is 1. The van der Waals surface area contributed by atoms with E-state index < -0.39 is 49.5 Å². The van der Waals surface area contributed by atoms with Crippen LogP contribution in [0.2, 0.25) is 0 Å². The topological polar surface area (TPSA) is 149 Å². The summed E-state index contributed by atoms with van der Waals surface area (Å²) in [5, 5.41) is 54.1. The molecule has 9 nitrogen and oxygen atoms in total. The van der Waals surface area contributed by atoms with Crippen LogP contribution in [0.25, 0.3) is 0 Å². The Kier molecular flexibility index (Phi) is 31.2. The molecule has 7 atom stereocenters. The number of hydrogen-bond donors (Lipinski definition) is 6. The Morgan fingerprint density at radius 3 is 1.77 bits per heavy atom. The van der Waals surface area contributed by atoms with E-state index in [-0.39, 0.29) is 12.5 Å². The molecule has 1 aliphatic rings. The number of ether oxygens (including phenoxy) is 2. The number of aliphatic hydroxyl groups is 5. The van der Waals surface area contributed by atoms with Crippen molar-refractivity contribution in [1.29, 1.82) is 0 Å². The lowest BCUT2D eigenvalue weighted by molar-refractivity contribution is -0.302. The van der Waals surface area contributed by atoms with Crippen molar-refractivity contribution in [2.75, 3.05) is 13.2 Å². The van der Waals surface area contributed by atoms with Gasteiger partial charge in [0.2, 0.25) is 5.91 Å². The van der Waals surface area contributed by atoms with Gasteiger partial charge in [-0.25, -0.2) is 0 Å². The molecule has 0 aromatic carbocycles. The van der Waals surface area contributed by atoms with Crippen molar-refractivity contribution in [3.8, 4) is 0 Å². The number of carbonyl (C=O) groups excluding carboxylic acids is 1. The zero-order valence-corrected chi connectivity index (χ0v) is 32.8. The van der Waals surface area contributed by atoms with Crippen LogP contribution in [0.15, 0.2) is 48.6 Å². The predicted molar refractivity (Wildman–Crippen MR) is 212 cm³/mol. The van der Waals surface area contributed by atoms with E-state index in [9.17, 15) is 30.3 Å². The molecule has 1 saturated heterocycles. The van der Waals surface area contributed by atoms with E-state index in [0.717, 1.165) is 77.0 Å². The maximum atomic E-state index is 12.9. The molecule has 0 aromatic heterocycles. The largest absolute Gasteiger partial charge is 0.394 e. The monoisotopic (exact) mass is 736 g/mol. The molecular formula is C43H77NO8. The molecule has 1 amide bonds. The summed E-state index contributed by atoms with van der Waals surface area (Å²) in [7, 11) is 0. The van der Waals surface area contributed by atoms with Gasteiger partial charge >= 0.3 is 0 Å². The molecule has 9 heteroatoms. The highest BCUT2D eigenvalue weighted by Gasteiger charge is 2.44. The fraction of sp³-hybridized carbons (Fsp3) is 0.791. The van der Waals surface area contributed by atoms with E-state index in [2.05, 4.69) is 67.8 Å². The van der Waals surface area contributed by atoms with Gasteiger partial charge in [0.05, 0.1) is 25.4 Å². The molecule has 0 saturated carbocycles. The molecular weight excluding hydrogens is 658 g/mol. The van der Waals surface area contributed by atoms with E-state index in [1.807, 2.05) is 0 Å². The van der Waals surface area contributed by atoms with E-state index in [1.165, 1.54) is 57.8 Å². The standard InChI is InChI=1S/C43H77NO8/c1-3-5-7-9-11-13-15-16-17-18-19-20-21-22-23-25-27-29-31-33-39(47)44-36(35-51-43-42(50)41(49)40(48)38(34-45)52-43)37(46)32-30-28-26-24-14-12-10-8-6-4-2/h5,7,11,13,16-17,19-20,36-38,40-43,45-46,48-50H,3-4,6,8-10,12,14-15,18,21-35H2,1-2H3,(H,44,47)/b7-5-,13-11-,17-16-,20-19-. The molecule has 1 rings (SSSR count). The van der Waals surface area contributed by atoms with Gasteiger partial charge in [0.1, 0.15) is 24.4 Å². The Balaban J connectivity index is 2.36. The van der Waals surface area contributed by atoms with Crippen molar-refractivity contribution in [3.63, 3.8) is 0 Å². The van der Waals surface area contributed by atoms with Gasteiger partial charge in [-0.2, -0.15) is 0 Å². The number of nitrogens with one attached hydrogen (secondary N) is 1. The molecule has 0 spiro atoms. The van der Waals surface area contributed by atoms with Crippen LogP contribution in [0.3, 0.4) is 0 Å². The van der Waals surface area contributed by atoms with Gasteiger partial charge in [0.15, 0.2) is 6.29 Å². The number of rotatable bonds is 33. The fourth-order valence-electron chi connectivity index (χ4n) is 6.33. The summed E-state index contributed by atoms with van der Waals surface area (Å²) in [6.07, 6.45) is 34.0. The van der Waals surface area contributed by atoms with Gasteiger partial charge in [-0.15, -0.1) is 0 Å². The summed E-state index contributed by atoms with van der Waals surface area (Å²) in [6.45, 7) is 3.67. The molecule has 0 radical (unpaired) electrons. The Morgan fingerprint density at radius 2 is 1.19 bits per heavy atom. The Morgan fingerprint density at radius 1 is 0.673 bits per heavy atom. The highest BCUT2D eigenvalue weighted by molar-refractivity contribution is 5.76. The first-order chi connectivity index (χ1) is 25.3. The average Bonchev–Trinajstić information content (AvgIpc) is 3.14. The normalized spacial score (nSPS) is 22.3. The van der Waals surface area contributed by atoms with Crippen molar-refractivity contribution in [2.24, 2.45) is 0 Å². The summed E-state index contributed by atoms with van der Waals surface area (Å²) in [4.78, 5) is 12.9. The third kappa shape index (κ3) is 24.5. The van der Waals surface area contributed by atoms with Gasteiger partial charge in [-0.1, -0.05) is 152 Å².